The lowest BCUT2D eigenvalue weighted by molar-refractivity contribution is 0.542. The van der Waals surface area contributed by atoms with Gasteiger partial charge in [-0.05, 0) is 24.3 Å². The molecular formula is C12H7Cl2FO4S2. The fourth-order valence-corrected chi connectivity index (χ4v) is 4.51. The van der Waals surface area contributed by atoms with E-state index in [0.29, 0.717) is 0 Å². The van der Waals surface area contributed by atoms with Crippen molar-refractivity contribution >= 4 is 41.2 Å². The van der Waals surface area contributed by atoms with Gasteiger partial charge in [-0.25, -0.2) is 21.2 Å². The van der Waals surface area contributed by atoms with Crippen molar-refractivity contribution in [3.05, 3.63) is 53.3 Å². The lowest BCUT2D eigenvalue weighted by Crippen LogP contribution is -2.08. The third-order valence-corrected chi connectivity index (χ3v) is 6.19. The lowest BCUT2D eigenvalue weighted by atomic mass is 10.3. The smallest absolute Gasteiger partial charge is 0.218 e. The lowest BCUT2D eigenvalue weighted by Gasteiger charge is -2.10. The van der Waals surface area contributed by atoms with E-state index in [1.807, 2.05) is 0 Å². The van der Waals surface area contributed by atoms with Crippen molar-refractivity contribution in [3.63, 3.8) is 0 Å². The Morgan fingerprint density at radius 3 is 2.00 bits per heavy atom. The SMILES string of the molecule is O=S(=O)(Cl)c1ccc(Cl)c(S(=O)(=O)c2ccccc2)c1F. The average Bonchev–Trinajstić information content (AvgIpc) is 2.38. The summed E-state index contributed by atoms with van der Waals surface area (Å²) in [6.07, 6.45) is 0. The van der Waals surface area contributed by atoms with Crippen molar-refractivity contribution in [2.24, 2.45) is 0 Å². The molecule has 4 nitrogen and oxygen atoms in total. The number of hydrogen-bond donors (Lipinski definition) is 0. The molecule has 0 spiro atoms. The molecule has 2 aromatic carbocycles. The zero-order valence-corrected chi connectivity index (χ0v) is 13.3. The van der Waals surface area contributed by atoms with E-state index >= 15 is 0 Å². The minimum Gasteiger partial charge on any atom is -0.218 e. The molecular weight excluding hydrogens is 362 g/mol. The number of hydrogen-bond acceptors (Lipinski definition) is 4. The predicted octanol–water partition coefficient (Wildman–Crippen LogP) is 3.24. The highest BCUT2D eigenvalue weighted by molar-refractivity contribution is 8.13. The molecule has 0 saturated carbocycles. The second kappa shape index (κ2) is 5.57. The van der Waals surface area contributed by atoms with Crippen LogP contribution in [0.15, 0.2) is 57.2 Å². The van der Waals surface area contributed by atoms with Crippen LogP contribution in [0, 0.1) is 5.82 Å². The average molecular weight is 369 g/mol. The molecule has 112 valence electrons. The Morgan fingerprint density at radius 2 is 1.48 bits per heavy atom. The predicted molar refractivity (Wildman–Crippen MR) is 76.3 cm³/mol. The number of sulfone groups is 1. The van der Waals surface area contributed by atoms with E-state index < -0.39 is 39.5 Å². The van der Waals surface area contributed by atoms with Crippen LogP contribution in [0.3, 0.4) is 0 Å². The summed E-state index contributed by atoms with van der Waals surface area (Å²) in [5, 5.41) is -0.430. The van der Waals surface area contributed by atoms with Crippen LogP contribution in [-0.4, -0.2) is 16.8 Å². The number of benzene rings is 2. The maximum atomic E-state index is 14.3. The van der Waals surface area contributed by atoms with Crippen LogP contribution < -0.4 is 0 Å². The third-order valence-electron chi connectivity index (χ3n) is 2.60. The van der Waals surface area contributed by atoms with Crippen LogP contribution in [0.25, 0.3) is 0 Å². The molecule has 0 saturated heterocycles. The van der Waals surface area contributed by atoms with E-state index in [9.17, 15) is 21.2 Å². The van der Waals surface area contributed by atoms with Crippen LogP contribution in [0.5, 0.6) is 0 Å². The molecule has 0 aliphatic heterocycles. The summed E-state index contributed by atoms with van der Waals surface area (Å²) in [4.78, 5) is -2.07. The van der Waals surface area contributed by atoms with Gasteiger partial charge in [0.05, 0.1) is 9.92 Å². The highest BCUT2D eigenvalue weighted by Gasteiger charge is 2.30. The second-order valence-electron chi connectivity index (χ2n) is 3.94. The van der Waals surface area contributed by atoms with Gasteiger partial charge in [0.1, 0.15) is 9.79 Å². The fourth-order valence-electron chi connectivity index (χ4n) is 1.67. The number of halogens is 3. The summed E-state index contributed by atoms with van der Waals surface area (Å²) in [6.45, 7) is 0. The zero-order valence-electron chi connectivity index (χ0n) is 10.1. The van der Waals surface area contributed by atoms with Crippen LogP contribution in [0.2, 0.25) is 5.02 Å². The molecule has 0 amide bonds. The Morgan fingerprint density at radius 1 is 0.905 bits per heavy atom. The molecule has 0 heterocycles. The normalized spacial score (nSPS) is 12.3. The Kier molecular flexibility index (Phi) is 4.30. The van der Waals surface area contributed by atoms with Crippen LogP contribution in [0.4, 0.5) is 4.39 Å². The van der Waals surface area contributed by atoms with Crippen molar-refractivity contribution in [3.8, 4) is 0 Å². The van der Waals surface area contributed by atoms with E-state index in [1.165, 1.54) is 24.3 Å². The topological polar surface area (TPSA) is 68.3 Å². The molecule has 0 radical (unpaired) electrons. The van der Waals surface area contributed by atoms with Gasteiger partial charge in [-0.15, -0.1) is 0 Å². The van der Waals surface area contributed by atoms with E-state index in [4.69, 9.17) is 22.3 Å². The Balaban J connectivity index is 2.82. The molecule has 0 fully saturated rings. The Hall–Kier alpha value is -1.15. The van der Waals surface area contributed by atoms with Crippen LogP contribution >= 0.6 is 22.3 Å². The molecule has 0 aliphatic carbocycles. The first kappa shape index (κ1) is 16.2. The quantitative estimate of drug-likeness (QED) is 0.779. The molecule has 0 aromatic heterocycles. The zero-order chi connectivity index (χ0) is 15.8. The summed E-state index contributed by atoms with van der Waals surface area (Å²) in [5.74, 6) is -1.50. The molecule has 0 atom stereocenters. The van der Waals surface area contributed by atoms with Gasteiger partial charge in [-0.2, -0.15) is 0 Å². The van der Waals surface area contributed by atoms with E-state index in [1.54, 1.807) is 6.07 Å². The highest BCUT2D eigenvalue weighted by Crippen LogP contribution is 2.34. The maximum Gasteiger partial charge on any atom is 0.264 e. The monoisotopic (exact) mass is 368 g/mol. The summed E-state index contributed by atoms with van der Waals surface area (Å²) in [6, 6.07) is 8.73. The van der Waals surface area contributed by atoms with Crippen molar-refractivity contribution in [2.75, 3.05) is 0 Å². The van der Waals surface area contributed by atoms with E-state index in [-0.39, 0.29) is 4.90 Å². The van der Waals surface area contributed by atoms with E-state index in [2.05, 4.69) is 0 Å². The molecule has 0 aliphatic rings. The summed E-state index contributed by atoms with van der Waals surface area (Å²) in [5.41, 5.74) is 0. The first-order valence-corrected chi connectivity index (χ1v) is 9.55. The molecule has 0 bridgehead atoms. The second-order valence-corrected chi connectivity index (χ2v) is 8.77. The van der Waals surface area contributed by atoms with E-state index in [0.717, 1.165) is 12.1 Å². The van der Waals surface area contributed by atoms with Gasteiger partial charge in [-0.3, -0.25) is 0 Å². The molecule has 0 N–H and O–H groups in total. The minimum atomic E-state index is -4.44. The molecule has 2 rings (SSSR count). The third kappa shape index (κ3) is 3.06. The largest absolute Gasteiger partial charge is 0.264 e. The summed E-state index contributed by atoms with van der Waals surface area (Å²) in [7, 11) is -3.68. The molecule has 9 heteroatoms. The van der Waals surface area contributed by atoms with Gasteiger partial charge in [-0.1, -0.05) is 29.8 Å². The first-order valence-electron chi connectivity index (χ1n) is 5.38. The standard InChI is InChI=1S/C12H7Cl2FO4S2/c13-9-6-7-10(21(14,18)19)11(15)12(9)20(16,17)8-4-2-1-3-5-8/h1-7H. The summed E-state index contributed by atoms with van der Waals surface area (Å²) < 4.78 is 61.6. The summed E-state index contributed by atoms with van der Waals surface area (Å²) >= 11 is 5.73. The van der Waals surface area contributed by atoms with Gasteiger partial charge < -0.3 is 0 Å². The van der Waals surface area contributed by atoms with Gasteiger partial charge in [0, 0.05) is 10.7 Å². The maximum absolute atomic E-state index is 14.3. The molecule has 21 heavy (non-hydrogen) atoms. The molecule has 0 unspecified atom stereocenters. The van der Waals surface area contributed by atoms with Crippen LogP contribution in [-0.2, 0) is 18.9 Å². The molecule has 2 aromatic rings. The van der Waals surface area contributed by atoms with Crippen molar-refractivity contribution < 1.29 is 21.2 Å². The minimum absolute atomic E-state index is 0.213. The first-order chi connectivity index (χ1) is 9.65. The fraction of sp³-hybridized carbons (Fsp3) is 0. The van der Waals surface area contributed by atoms with Crippen molar-refractivity contribution in [1.29, 1.82) is 0 Å². The van der Waals surface area contributed by atoms with Gasteiger partial charge in [0.15, 0.2) is 5.82 Å². The number of rotatable bonds is 3. The Bertz CT molecular complexity index is 894. The van der Waals surface area contributed by atoms with Crippen molar-refractivity contribution in [2.45, 2.75) is 14.7 Å². The highest BCUT2D eigenvalue weighted by atomic mass is 35.7. The van der Waals surface area contributed by atoms with Crippen LogP contribution in [0.1, 0.15) is 0 Å². The van der Waals surface area contributed by atoms with Gasteiger partial charge in [0.2, 0.25) is 9.84 Å². The van der Waals surface area contributed by atoms with Gasteiger partial charge in [0.25, 0.3) is 9.05 Å². The Labute approximate surface area is 130 Å². The van der Waals surface area contributed by atoms with Crippen molar-refractivity contribution in [1.82, 2.24) is 0 Å². The van der Waals surface area contributed by atoms with Gasteiger partial charge >= 0.3 is 0 Å².